The topological polar surface area (TPSA) is 57.5 Å². The molecule has 3 nitrogen and oxygen atoms in total. The number of carbonyl (C=O) groups excluding carboxylic acids is 1. The van der Waals surface area contributed by atoms with Gasteiger partial charge in [-0.25, -0.2) is 0 Å². The molecule has 2 fully saturated rings. The Balaban J connectivity index is 1.93. The van der Waals surface area contributed by atoms with Crippen molar-refractivity contribution in [1.29, 1.82) is 0 Å². The summed E-state index contributed by atoms with van der Waals surface area (Å²) in [7, 11) is 0. The molecule has 0 spiro atoms. The van der Waals surface area contributed by atoms with Crippen LogP contribution in [0, 0.1) is 22.7 Å². The van der Waals surface area contributed by atoms with Crippen LogP contribution in [-0.2, 0) is 4.79 Å². The van der Waals surface area contributed by atoms with Gasteiger partial charge in [0, 0.05) is 11.8 Å². The van der Waals surface area contributed by atoms with Crippen LogP contribution in [0.4, 0.5) is 0 Å². The molecule has 0 bridgehead atoms. The Morgan fingerprint density at radius 3 is 2.03 bits per heavy atom. The van der Waals surface area contributed by atoms with Crippen molar-refractivity contribution in [3.8, 4) is 0 Å². The highest BCUT2D eigenvalue weighted by molar-refractivity contribution is 5.85. The Kier molecular flexibility index (Phi) is 9.77. The van der Waals surface area contributed by atoms with Gasteiger partial charge in [-0.1, -0.05) is 55.7 Å². The summed E-state index contributed by atoms with van der Waals surface area (Å²) in [4.78, 5) is 12.6. The molecule has 0 aromatic carbocycles. The largest absolute Gasteiger partial charge is 0.392 e. The zero-order valence-electron chi connectivity index (χ0n) is 22.5. The summed E-state index contributed by atoms with van der Waals surface area (Å²) < 4.78 is 0. The van der Waals surface area contributed by atoms with Gasteiger partial charge in [-0.3, -0.25) is 4.79 Å². The molecule has 0 aromatic heterocycles. The maximum Gasteiger partial charge on any atom is 0.138 e. The molecule has 0 radical (unpaired) electrons. The van der Waals surface area contributed by atoms with Crippen molar-refractivity contribution in [3.63, 3.8) is 0 Å². The molecule has 0 heterocycles. The fourth-order valence-electron chi connectivity index (χ4n) is 6.82. The van der Waals surface area contributed by atoms with Crippen molar-refractivity contribution in [3.05, 3.63) is 34.9 Å². The third-order valence-electron chi connectivity index (χ3n) is 9.02. The first-order valence-electron chi connectivity index (χ1n) is 13.2. The van der Waals surface area contributed by atoms with Crippen molar-refractivity contribution < 1.29 is 15.0 Å². The number of aliphatic hydroxyl groups excluding tert-OH is 1. The molecule has 0 amide bonds. The van der Waals surface area contributed by atoms with Crippen molar-refractivity contribution in [2.75, 3.05) is 6.61 Å². The third-order valence-corrected chi connectivity index (χ3v) is 9.02. The van der Waals surface area contributed by atoms with Crippen molar-refractivity contribution in [2.24, 2.45) is 22.7 Å². The standard InChI is InChI=1S/C30H50O3/c1-22(13-9-15-24(3)21-31)11-8-12-23(2)14-10-16-26-29(6)19-18-27(32)28(4,5)25(29)17-20-30(26,7)33/h11,14-15,25-26,31,33H,8-10,12-13,16-21H2,1-7H3/t25-,26+,29-,30+/m0/s1. The van der Waals surface area contributed by atoms with Crippen LogP contribution in [0.3, 0.4) is 0 Å². The Bertz CT molecular complexity index is 767. The van der Waals surface area contributed by atoms with Gasteiger partial charge >= 0.3 is 0 Å². The predicted octanol–water partition coefficient (Wildman–Crippen LogP) is 7.33. The molecule has 2 N–H and O–H groups in total. The smallest absolute Gasteiger partial charge is 0.138 e. The molecule has 4 atom stereocenters. The van der Waals surface area contributed by atoms with E-state index in [2.05, 4.69) is 52.8 Å². The number of ketones is 1. The Labute approximate surface area is 203 Å². The first-order chi connectivity index (χ1) is 15.3. The van der Waals surface area contributed by atoms with Gasteiger partial charge in [-0.05, 0) is 103 Å². The second kappa shape index (κ2) is 11.5. The quantitative estimate of drug-likeness (QED) is 0.337. The molecular weight excluding hydrogens is 408 g/mol. The predicted molar refractivity (Wildman–Crippen MR) is 139 cm³/mol. The lowest BCUT2D eigenvalue weighted by Gasteiger charge is -2.60. The van der Waals surface area contributed by atoms with Gasteiger partial charge in [0.1, 0.15) is 5.78 Å². The summed E-state index contributed by atoms with van der Waals surface area (Å²) in [6, 6.07) is 0. The molecule has 188 valence electrons. The molecule has 0 unspecified atom stereocenters. The highest BCUT2D eigenvalue weighted by atomic mass is 16.3. The van der Waals surface area contributed by atoms with Crippen molar-refractivity contribution in [2.45, 2.75) is 118 Å². The molecule has 3 heteroatoms. The lowest BCUT2D eigenvalue weighted by Crippen LogP contribution is -2.59. The minimum absolute atomic E-state index is 0.0313. The maximum atomic E-state index is 12.6. The number of Topliss-reactive ketones (excluding diaryl/α,β-unsaturated/α-hetero) is 1. The van der Waals surface area contributed by atoms with Crippen LogP contribution in [0.2, 0.25) is 0 Å². The van der Waals surface area contributed by atoms with Gasteiger partial charge < -0.3 is 10.2 Å². The average Bonchev–Trinajstić information content (AvgIpc) is 2.72. The summed E-state index contributed by atoms with van der Waals surface area (Å²) >= 11 is 0. The molecule has 2 aliphatic carbocycles. The Morgan fingerprint density at radius 1 is 0.909 bits per heavy atom. The van der Waals surface area contributed by atoms with Crippen LogP contribution in [0.15, 0.2) is 34.9 Å². The third kappa shape index (κ3) is 6.92. The minimum atomic E-state index is -0.647. The van der Waals surface area contributed by atoms with Crippen LogP contribution in [0.25, 0.3) is 0 Å². The van der Waals surface area contributed by atoms with E-state index in [0.29, 0.717) is 18.1 Å². The van der Waals surface area contributed by atoms with E-state index >= 15 is 0 Å². The fraction of sp³-hybridized carbons (Fsp3) is 0.767. The number of hydrogen-bond donors (Lipinski definition) is 2. The lowest BCUT2D eigenvalue weighted by atomic mass is 9.45. The number of carbonyl (C=O) groups is 1. The first kappa shape index (κ1) is 28.1. The fourth-order valence-corrected chi connectivity index (χ4v) is 6.82. The lowest BCUT2D eigenvalue weighted by molar-refractivity contribution is -0.177. The molecule has 2 saturated carbocycles. The second-order valence-corrected chi connectivity index (χ2v) is 12.1. The molecule has 33 heavy (non-hydrogen) atoms. The van der Waals surface area contributed by atoms with Gasteiger partial charge in [0.25, 0.3) is 0 Å². The first-order valence-corrected chi connectivity index (χ1v) is 13.2. The van der Waals surface area contributed by atoms with E-state index in [1.807, 2.05) is 13.8 Å². The molecule has 2 rings (SSSR count). The van der Waals surface area contributed by atoms with Crippen molar-refractivity contribution >= 4 is 5.78 Å². The summed E-state index contributed by atoms with van der Waals surface area (Å²) in [5.41, 5.74) is 2.99. The normalized spacial score (nSPS) is 33.2. The number of allylic oxidation sites excluding steroid dienone is 5. The number of fused-ring (bicyclic) bond motifs is 1. The molecule has 0 aromatic rings. The molecule has 0 aliphatic heterocycles. The van der Waals surface area contributed by atoms with Gasteiger partial charge in [0.15, 0.2) is 0 Å². The van der Waals surface area contributed by atoms with E-state index < -0.39 is 5.60 Å². The Morgan fingerprint density at radius 2 is 1.45 bits per heavy atom. The van der Waals surface area contributed by atoms with Gasteiger partial charge in [0.05, 0.1) is 12.2 Å². The number of rotatable bonds is 10. The van der Waals surface area contributed by atoms with E-state index in [9.17, 15) is 9.90 Å². The highest BCUT2D eigenvalue weighted by Crippen LogP contribution is 2.62. The SMILES string of the molecule is CC(=CCCC(C)=CCCC(C)=CCC[C@@H]1[C@@]2(C)CCC(=O)C(C)(C)[C@@H]2CC[C@@]1(C)O)CO. The highest BCUT2D eigenvalue weighted by Gasteiger charge is 2.59. The summed E-state index contributed by atoms with van der Waals surface area (Å²) in [5, 5.41) is 20.4. The molecular formula is C30H50O3. The summed E-state index contributed by atoms with van der Waals surface area (Å²) in [6.45, 7) is 15.2. The number of aliphatic hydroxyl groups is 2. The van der Waals surface area contributed by atoms with E-state index in [1.165, 1.54) is 11.1 Å². The maximum absolute atomic E-state index is 12.6. The van der Waals surface area contributed by atoms with Gasteiger partial charge in [-0.15, -0.1) is 0 Å². The minimum Gasteiger partial charge on any atom is -0.392 e. The second-order valence-electron chi connectivity index (χ2n) is 12.1. The van der Waals surface area contributed by atoms with Crippen LogP contribution >= 0.6 is 0 Å². The average molecular weight is 459 g/mol. The van der Waals surface area contributed by atoms with Gasteiger partial charge in [-0.2, -0.15) is 0 Å². The summed E-state index contributed by atoms with van der Waals surface area (Å²) in [6.07, 6.45) is 16.3. The molecule has 2 aliphatic rings. The Hall–Kier alpha value is -1.19. The van der Waals surface area contributed by atoms with E-state index in [0.717, 1.165) is 63.4 Å². The van der Waals surface area contributed by atoms with Crippen LogP contribution in [-0.4, -0.2) is 28.2 Å². The number of hydrogen-bond acceptors (Lipinski definition) is 3. The van der Waals surface area contributed by atoms with Gasteiger partial charge in [0.2, 0.25) is 0 Å². The molecule has 0 saturated heterocycles. The summed E-state index contributed by atoms with van der Waals surface area (Å²) in [5.74, 6) is 1.01. The monoisotopic (exact) mass is 458 g/mol. The van der Waals surface area contributed by atoms with E-state index in [4.69, 9.17) is 5.11 Å². The van der Waals surface area contributed by atoms with E-state index in [1.54, 1.807) is 0 Å². The van der Waals surface area contributed by atoms with Crippen LogP contribution in [0.1, 0.15) is 113 Å². The zero-order chi connectivity index (χ0) is 24.9. The van der Waals surface area contributed by atoms with Crippen molar-refractivity contribution in [1.82, 2.24) is 0 Å². The van der Waals surface area contributed by atoms with E-state index in [-0.39, 0.29) is 23.4 Å². The van der Waals surface area contributed by atoms with Crippen LogP contribution in [0.5, 0.6) is 0 Å². The zero-order valence-corrected chi connectivity index (χ0v) is 22.5. The van der Waals surface area contributed by atoms with Crippen LogP contribution < -0.4 is 0 Å².